The minimum absolute atomic E-state index is 0.199. The maximum Gasteiger partial charge on any atom is 0.251 e. The molecule has 0 saturated carbocycles. The Morgan fingerprint density at radius 1 is 0.935 bits per heavy atom. The summed E-state index contributed by atoms with van der Waals surface area (Å²) in [7, 11) is 0. The Kier molecular flexibility index (Phi) is 5.70. The lowest BCUT2D eigenvalue weighted by atomic mass is 10.2. The van der Waals surface area contributed by atoms with Gasteiger partial charge in [0.05, 0.1) is 0 Å². The van der Waals surface area contributed by atoms with Gasteiger partial charge in [-0.15, -0.1) is 0 Å². The molecule has 2 aromatic carbocycles. The Morgan fingerprint density at radius 3 is 2.23 bits per heavy atom. The molecule has 8 heteroatoms. The summed E-state index contributed by atoms with van der Waals surface area (Å²) in [5.41, 5.74) is 7.06. The van der Waals surface area contributed by atoms with E-state index in [1.807, 2.05) is 18.2 Å². The molecule has 0 atom stereocenters. The first-order valence-corrected chi connectivity index (χ1v) is 9.49. The van der Waals surface area contributed by atoms with E-state index in [1.54, 1.807) is 71.8 Å². The molecular weight excluding hydrogens is 394 g/mol. The van der Waals surface area contributed by atoms with E-state index < -0.39 is 5.91 Å². The Hall–Kier alpha value is -4.46. The van der Waals surface area contributed by atoms with Crippen LogP contribution in [0.1, 0.15) is 26.3 Å². The van der Waals surface area contributed by atoms with Crippen LogP contribution in [0.5, 0.6) is 11.5 Å². The van der Waals surface area contributed by atoms with Crippen LogP contribution in [0.25, 0.3) is 5.82 Å². The molecule has 31 heavy (non-hydrogen) atoms. The highest BCUT2D eigenvalue weighted by atomic mass is 16.5. The van der Waals surface area contributed by atoms with Crippen molar-refractivity contribution in [2.75, 3.05) is 0 Å². The molecule has 4 aromatic rings. The average Bonchev–Trinajstić information content (AvgIpc) is 3.34. The molecule has 2 aromatic heterocycles. The van der Waals surface area contributed by atoms with Crippen molar-refractivity contribution < 1.29 is 14.3 Å². The summed E-state index contributed by atoms with van der Waals surface area (Å²) >= 11 is 0. The number of nitrogens with two attached hydrogens (primary N) is 1. The van der Waals surface area contributed by atoms with E-state index in [2.05, 4.69) is 15.4 Å². The normalized spacial score (nSPS) is 10.5. The largest absolute Gasteiger partial charge is 0.457 e. The van der Waals surface area contributed by atoms with Gasteiger partial charge in [-0.2, -0.15) is 5.10 Å². The third kappa shape index (κ3) is 4.94. The second-order valence-electron chi connectivity index (χ2n) is 6.67. The number of hydrogen-bond donors (Lipinski definition) is 2. The number of nitrogens with one attached hydrogen (secondary N) is 1. The molecule has 0 saturated heterocycles. The van der Waals surface area contributed by atoms with Crippen LogP contribution < -0.4 is 15.8 Å². The summed E-state index contributed by atoms with van der Waals surface area (Å²) in [5.74, 6) is 1.12. The van der Waals surface area contributed by atoms with Crippen molar-refractivity contribution in [3.05, 3.63) is 102 Å². The monoisotopic (exact) mass is 413 g/mol. The van der Waals surface area contributed by atoms with Gasteiger partial charge in [0, 0.05) is 36.3 Å². The Morgan fingerprint density at radius 2 is 1.61 bits per heavy atom. The number of aromatic nitrogens is 3. The van der Waals surface area contributed by atoms with E-state index in [9.17, 15) is 9.59 Å². The van der Waals surface area contributed by atoms with Gasteiger partial charge in [-0.25, -0.2) is 9.67 Å². The number of hydrogen-bond acceptors (Lipinski definition) is 5. The maximum absolute atomic E-state index is 12.5. The second kappa shape index (κ2) is 8.91. The lowest BCUT2D eigenvalue weighted by Crippen LogP contribution is -2.22. The third-order valence-corrected chi connectivity index (χ3v) is 4.49. The number of nitrogens with zero attached hydrogens (tertiary/aromatic N) is 3. The topological polar surface area (TPSA) is 112 Å². The lowest BCUT2D eigenvalue weighted by molar-refractivity contribution is 0.0949. The van der Waals surface area contributed by atoms with E-state index >= 15 is 0 Å². The lowest BCUT2D eigenvalue weighted by Gasteiger charge is -2.09. The van der Waals surface area contributed by atoms with E-state index in [-0.39, 0.29) is 5.91 Å². The van der Waals surface area contributed by atoms with Gasteiger partial charge in [0.1, 0.15) is 11.5 Å². The molecule has 4 rings (SSSR count). The minimum atomic E-state index is -0.494. The van der Waals surface area contributed by atoms with Crippen LogP contribution in [0.4, 0.5) is 0 Å². The van der Waals surface area contributed by atoms with Crippen LogP contribution in [0.15, 0.2) is 85.3 Å². The molecule has 0 radical (unpaired) electrons. The first-order valence-electron chi connectivity index (χ1n) is 9.49. The van der Waals surface area contributed by atoms with Crippen molar-refractivity contribution in [2.24, 2.45) is 5.73 Å². The Labute approximate surface area is 178 Å². The van der Waals surface area contributed by atoms with Crippen molar-refractivity contribution in [1.29, 1.82) is 0 Å². The number of benzene rings is 2. The number of carbonyl (C=O) groups excluding carboxylic acids is 2. The first kappa shape index (κ1) is 19.8. The number of pyridine rings is 1. The molecule has 2 heterocycles. The zero-order valence-electron chi connectivity index (χ0n) is 16.4. The third-order valence-electron chi connectivity index (χ3n) is 4.49. The van der Waals surface area contributed by atoms with Crippen molar-refractivity contribution in [1.82, 2.24) is 20.1 Å². The van der Waals surface area contributed by atoms with Gasteiger partial charge in [0.25, 0.3) is 5.91 Å². The Bertz CT molecular complexity index is 1190. The number of ether oxygens (including phenoxy) is 1. The number of primary amides is 1. The minimum Gasteiger partial charge on any atom is -0.457 e. The van der Waals surface area contributed by atoms with Gasteiger partial charge < -0.3 is 15.8 Å². The summed E-state index contributed by atoms with van der Waals surface area (Å²) in [6.07, 6.45) is 5.17. The first-order chi connectivity index (χ1) is 15.1. The zero-order chi connectivity index (χ0) is 21.6. The van der Waals surface area contributed by atoms with Crippen LogP contribution in [-0.4, -0.2) is 26.6 Å². The van der Waals surface area contributed by atoms with Crippen molar-refractivity contribution in [3.8, 4) is 17.3 Å². The van der Waals surface area contributed by atoms with Crippen LogP contribution in [-0.2, 0) is 6.54 Å². The second-order valence-corrected chi connectivity index (χ2v) is 6.67. The molecule has 0 spiro atoms. The Balaban J connectivity index is 1.35. The summed E-state index contributed by atoms with van der Waals surface area (Å²) in [6.45, 7) is 0.361. The summed E-state index contributed by atoms with van der Waals surface area (Å²) in [5, 5.41) is 7.05. The predicted octanol–water partition coefficient (Wildman–Crippen LogP) is 3.09. The molecule has 154 valence electrons. The molecule has 0 bridgehead atoms. The van der Waals surface area contributed by atoms with E-state index in [4.69, 9.17) is 10.5 Å². The van der Waals surface area contributed by atoms with E-state index in [1.165, 1.54) is 0 Å². The molecule has 8 nitrogen and oxygen atoms in total. The number of carbonyl (C=O) groups is 2. The van der Waals surface area contributed by atoms with Crippen LogP contribution in [0.2, 0.25) is 0 Å². The fourth-order valence-corrected chi connectivity index (χ4v) is 2.88. The SMILES string of the molecule is NC(=O)c1ccc(Oc2ccc(C(=O)NCc3ccnc(-n4cccn4)c3)cc2)cc1. The standard InChI is InChI=1S/C23H19N5O3/c24-22(29)17-2-6-19(7-3-17)31-20-8-4-18(5-9-20)23(30)26-15-16-10-12-25-21(14-16)28-13-1-11-27-28/h1-14H,15H2,(H2,24,29)(H,26,30). The van der Waals surface area contributed by atoms with Gasteiger partial charge in [-0.3, -0.25) is 9.59 Å². The molecular formula is C23H19N5O3. The molecule has 3 N–H and O–H groups in total. The molecule has 2 amide bonds. The smallest absolute Gasteiger partial charge is 0.251 e. The molecule has 0 fully saturated rings. The average molecular weight is 413 g/mol. The van der Waals surface area contributed by atoms with E-state index in [0.29, 0.717) is 35.0 Å². The molecule has 0 unspecified atom stereocenters. The quantitative estimate of drug-likeness (QED) is 0.484. The fraction of sp³-hybridized carbons (Fsp3) is 0.0435. The highest BCUT2D eigenvalue weighted by Gasteiger charge is 2.08. The molecule has 0 aliphatic heterocycles. The summed E-state index contributed by atoms with van der Waals surface area (Å²) in [4.78, 5) is 27.9. The summed E-state index contributed by atoms with van der Waals surface area (Å²) in [6, 6.07) is 18.8. The van der Waals surface area contributed by atoms with Gasteiger partial charge in [-0.05, 0) is 72.3 Å². The van der Waals surface area contributed by atoms with Gasteiger partial charge in [0.2, 0.25) is 5.91 Å². The van der Waals surface area contributed by atoms with Crippen LogP contribution in [0.3, 0.4) is 0 Å². The van der Waals surface area contributed by atoms with Gasteiger partial charge in [-0.1, -0.05) is 0 Å². The summed E-state index contributed by atoms with van der Waals surface area (Å²) < 4.78 is 7.38. The number of rotatable bonds is 7. The van der Waals surface area contributed by atoms with Crippen LogP contribution in [0, 0.1) is 0 Å². The van der Waals surface area contributed by atoms with Gasteiger partial charge in [0.15, 0.2) is 5.82 Å². The van der Waals surface area contributed by atoms with Crippen molar-refractivity contribution in [3.63, 3.8) is 0 Å². The van der Waals surface area contributed by atoms with E-state index in [0.717, 1.165) is 5.56 Å². The highest BCUT2D eigenvalue weighted by molar-refractivity contribution is 5.94. The predicted molar refractivity (Wildman–Crippen MR) is 114 cm³/mol. The molecule has 0 aliphatic rings. The zero-order valence-corrected chi connectivity index (χ0v) is 16.4. The fourth-order valence-electron chi connectivity index (χ4n) is 2.88. The number of amides is 2. The highest BCUT2D eigenvalue weighted by Crippen LogP contribution is 2.22. The van der Waals surface area contributed by atoms with Crippen molar-refractivity contribution >= 4 is 11.8 Å². The molecule has 0 aliphatic carbocycles. The van der Waals surface area contributed by atoms with Crippen LogP contribution >= 0.6 is 0 Å². The van der Waals surface area contributed by atoms with Gasteiger partial charge >= 0.3 is 0 Å². The van der Waals surface area contributed by atoms with Crippen molar-refractivity contribution in [2.45, 2.75) is 6.54 Å². The maximum atomic E-state index is 12.5.